The molecule has 0 aromatic carbocycles. The molecule has 2 unspecified atom stereocenters. The molecule has 2 atom stereocenters. The Balaban J connectivity index is 2.56. The molecular weight excluding hydrogens is 284 g/mol. The lowest BCUT2D eigenvalue weighted by Gasteiger charge is -2.33. The van der Waals surface area contributed by atoms with E-state index in [1.807, 2.05) is 26.0 Å². The van der Waals surface area contributed by atoms with Crippen LogP contribution in [0.5, 0.6) is 0 Å². The van der Waals surface area contributed by atoms with E-state index in [0.717, 1.165) is 15.8 Å². The fraction of sp³-hybridized carbons (Fsp3) is 0.308. The summed E-state index contributed by atoms with van der Waals surface area (Å²) in [5.41, 5.74) is 0.322. The first kappa shape index (κ1) is 12.2. The van der Waals surface area contributed by atoms with Gasteiger partial charge in [0.05, 0.1) is 12.2 Å². The Morgan fingerprint density at radius 2 is 2.29 bits per heavy atom. The maximum absolute atomic E-state index is 11.4. The lowest BCUT2D eigenvalue weighted by Crippen LogP contribution is -2.36. The molecule has 1 aromatic rings. The smallest absolute Gasteiger partial charge is 0.311 e. The number of halogens is 1. The van der Waals surface area contributed by atoms with Crippen molar-refractivity contribution < 1.29 is 14.3 Å². The Bertz CT molecular complexity index is 512. The van der Waals surface area contributed by atoms with Crippen LogP contribution in [0.1, 0.15) is 18.2 Å². The third-order valence-electron chi connectivity index (χ3n) is 3.24. The van der Waals surface area contributed by atoms with Crippen LogP contribution in [0.3, 0.4) is 0 Å². The quantitative estimate of drug-likeness (QED) is 0.910. The van der Waals surface area contributed by atoms with Crippen LogP contribution in [0, 0.1) is 12.8 Å². The summed E-state index contributed by atoms with van der Waals surface area (Å²) in [5, 5.41) is 9.32. The summed E-state index contributed by atoms with van der Waals surface area (Å²) >= 11 is 3.40. The van der Waals surface area contributed by atoms with Crippen LogP contribution in [0.4, 0.5) is 0 Å². The first-order chi connectivity index (χ1) is 7.95. The number of furan rings is 1. The van der Waals surface area contributed by atoms with E-state index >= 15 is 0 Å². The second-order valence-corrected chi connectivity index (χ2v) is 5.29. The van der Waals surface area contributed by atoms with Crippen molar-refractivity contribution in [3.63, 3.8) is 0 Å². The maximum Gasteiger partial charge on any atom is 0.311 e. The summed E-state index contributed by atoms with van der Waals surface area (Å²) in [6.45, 7) is 3.76. The van der Waals surface area contributed by atoms with E-state index in [1.165, 1.54) is 0 Å². The molecule has 1 aliphatic carbocycles. The minimum absolute atomic E-state index is 0.583. The number of rotatable bonds is 2. The van der Waals surface area contributed by atoms with Crippen molar-refractivity contribution in [2.75, 3.05) is 0 Å². The minimum atomic E-state index is -0.833. The third-order valence-corrected chi connectivity index (χ3v) is 3.73. The highest BCUT2D eigenvalue weighted by molar-refractivity contribution is 9.11. The molecule has 0 aliphatic heterocycles. The Morgan fingerprint density at radius 3 is 2.82 bits per heavy atom. The summed E-state index contributed by atoms with van der Waals surface area (Å²) in [4.78, 5) is 11.4. The van der Waals surface area contributed by atoms with Gasteiger partial charge in [0.15, 0.2) is 0 Å². The lowest BCUT2D eigenvalue weighted by atomic mass is 9.69. The van der Waals surface area contributed by atoms with Gasteiger partial charge in [-0.3, -0.25) is 4.79 Å². The molecule has 1 N–H and O–H groups in total. The van der Waals surface area contributed by atoms with E-state index in [4.69, 9.17) is 4.42 Å². The topological polar surface area (TPSA) is 50.4 Å². The average Bonchev–Trinajstić information content (AvgIpc) is 2.64. The number of aliphatic carboxylic acids is 1. The predicted molar refractivity (Wildman–Crippen MR) is 68.1 cm³/mol. The summed E-state index contributed by atoms with van der Waals surface area (Å²) < 4.78 is 6.17. The fourth-order valence-electron chi connectivity index (χ4n) is 2.34. The molecule has 4 heteroatoms. The molecule has 1 aromatic heterocycles. The Kier molecular flexibility index (Phi) is 3.00. The fourth-order valence-corrected chi connectivity index (χ4v) is 2.97. The highest BCUT2D eigenvalue weighted by Gasteiger charge is 2.41. The summed E-state index contributed by atoms with van der Waals surface area (Å²) in [6, 6.07) is 1.83. The van der Waals surface area contributed by atoms with Crippen molar-refractivity contribution in [2.24, 2.45) is 5.92 Å². The van der Waals surface area contributed by atoms with Crippen molar-refractivity contribution in [1.29, 1.82) is 0 Å². The molecule has 2 rings (SSSR count). The largest absolute Gasteiger partial charge is 0.481 e. The molecule has 0 saturated carbocycles. The number of allylic oxidation sites excluding steroid dienone is 3. The maximum atomic E-state index is 11.4. The van der Waals surface area contributed by atoms with Gasteiger partial charge in [-0.05, 0) is 13.0 Å². The van der Waals surface area contributed by atoms with Crippen molar-refractivity contribution in [3.05, 3.63) is 46.4 Å². The number of aryl methyl sites for hydroxylation is 1. The zero-order chi connectivity index (χ0) is 12.6. The summed E-state index contributed by atoms with van der Waals surface area (Å²) in [6.07, 6.45) is 6.99. The minimum Gasteiger partial charge on any atom is -0.481 e. The van der Waals surface area contributed by atoms with E-state index in [1.54, 1.807) is 18.4 Å². The van der Waals surface area contributed by atoms with Crippen molar-refractivity contribution >= 4 is 21.9 Å². The molecular formula is C13H13BrO3. The summed E-state index contributed by atoms with van der Waals surface area (Å²) in [5.74, 6) is -0.661. The van der Waals surface area contributed by atoms with Crippen LogP contribution >= 0.6 is 15.9 Å². The Hall–Kier alpha value is -1.29. The standard InChI is InChI=1S/C13H13BrO3/c1-8-10(5-6-17-8)13(2)7-9(14)3-4-11(13)12(15)16/h3-7,11H,1-2H3,(H,15,16). The van der Waals surface area contributed by atoms with Crippen LogP contribution in [0.15, 0.2) is 39.5 Å². The molecule has 0 bridgehead atoms. The van der Waals surface area contributed by atoms with E-state index in [0.29, 0.717) is 0 Å². The normalized spacial score (nSPS) is 27.9. The molecule has 17 heavy (non-hydrogen) atoms. The Morgan fingerprint density at radius 1 is 1.59 bits per heavy atom. The van der Waals surface area contributed by atoms with Crippen LogP contribution in [-0.4, -0.2) is 11.1 Å². The first-order valence-electron chi connectivity index (χ1n) is 5.29. The molecule has 90 valence electrons. The second-order valence-electron chi connectivity index (χ2n) is 4.38. The van der Waals surface area contributed by atoms with Crippen molar-refractivity contribution in [3.8, 4) is 0 Å². The number of hydrogen-bond donors (Lipinski definition) is 1. The van der Waals surface area contributed by atoms with Gasteiger partial charge in [-0.15, -0.1) is 0 Å². The monoisotopic (exact) mass is 296 g/mol. The molecule has 1 heterocycles. The molecule has 0 amide bonds. The SMILES string of the molecule is Cc1occc1C1(C)C=C(Br)C=CC1C(=O)O. The number of hydrogen-bond acceptors (Lipinski definition) is 2. The van der Waals surface area contributed by atoms with Gasteiger partial charge in [0.1, 0.15) is 5.76 Å². The second kappa shape index (κ2) is 4.18. The zero-order valence-corrected chi connectivity index (χ0v) is 11.2. The zero-order valence-electron chi connectivity index (χ0n) is 9.61. The highest BCUT2D eigenvalue weighted by Crippen LogP contribution is 2.41. The number of carboxylic acid groups (broad SMARTS) is 1. The average molecular weight is 297 g/mol. The van der Waals surface area contributed by atoms with Gasteiger partial charge in [0, 0.05) is 15.5 Å². The van der Waals surface area contributed by atoms with E-state index in [2.05, 4.69) is 15.9 Å². The predicted octanol–water partition coefficient (Wildman–Crippen LogP) is 3.40. The van der Waals surface area contributed by atoms with E-state index < -0.39 is 17.3 Å². The van der Waals surface area contributed by atoms with Crippen LogP contribution < -0.4 is 0 Å². The van der Waals surface area contributed by atoms with E-state index in [-0.39, 0.29) is 0 Å². The molecule has 3 nitrogen and oxygen atoms in total. The highest BCUT2D eigenvalue weighted by atomic mass is 79.9. The lowest BCUT2D eigenvalue weighted by molar-refractivity contribution is -0.141. The summed E-state index contributed by atoms with van der Waals surface area (Å²) in [7, 11) is 0. The van der Waals surface area contributed by atoms with Gasteiger partial charge in [-0.25, -0.2) is 0 Å². The number of carbonyl (C=O) groups is 1. The van der Waals surface area contributed by atoms with Crippen LogP contribution in [0.2, 0.25) is 0 Å². The number of carboxylic acids is 1. The van der Waals surface area contributed by atoms with Gasteiger partial charge in [-0.1, -0.05) is 41.1 Å². The third kappa shape index (κ3) is 1.97. The first-order valence-corrected chi connectivity index (χ1v) is 6.08. The van der Waals surface area contributed by atoms with Crippen LogP contribution in [0.25, 0.3) is 0 Å². The van der Waals surface area contributed by atoms with Crippen LogP contribution in [-0.2, 0) is 10.2 Å². The van der Waals surface area contributed by atoms with Gasteiger partial charge in [0.25, 0.3) is 0 Å². The van der Waals surface area contributed by atoms with Crippen molar-refractivity contribution in [2.45, 2.75) is 19.3 Å². The van der Waals surface area contributed by atoms with Crippen molar-refractivity contribution in [1.82, 2.24) is 0 Å². The van der Waals surface area contributed by atoms with Gasteiger partial charge < -0.3 is 9.52 Å². The van der Waals surface area contributed by atoms with Gasteiger partial charge in [0.2, 0.25) is 0 Å². The van der Waals surface area contributed by atoms with E-state index in [9.17, 15) is 9.90 Å². The van der Waals surface area contributed by atoms with Gasteiger partial charge in [-0.2, -0.15) is 0 Å². The Labute approximate surface area is 108 Å². The molecule has 0 fully saturated rings. The molecule has 0 saturated heterocycles. The van der Waals surface area contributed by atoms with Gasteiger partial charge >= 0.3 is 5.97 Å². The molecule has 0 radical (unpaired) electrons. The molecule has 0 spiro atoms. The molecule has 1 aliphatic rings.